The molecule has 1 aromatic rings. The highest BCUT2D eigenvalue weighted by Gasteiger charge is 2.43. The van der Waals surface area contributed by atoms with Crippen molar-refractivity contribution in [3.05, 3.63) is 24.0 Å². The molecule has 0 aliphatic carbocycles. The molecular formula is C14H21FN2O3S. The smallest absolute Gasteiger partial charge is 0.245 e. The predicted octanol–water partition coefficient (Wildman–Crippen LogP) is 1.99. The number of para-hydroxylation sites is 1. The summed E-state index contributed by atoms with van der Waals surface area (Å²) in [4.78, 5) is -0.198. The molecule has 0 amide bonds. The van der Waals surface area contributed by atoms with Gasteiger partial charge in [0.1, 0.15) is 10.7 Å². The van der Waals surface area contributed by atoms with Crippen LogP contribution in [-0.4, -0.2) is 37.0 Å². The van der Waals surface area contributed by atoms with Crippen molar-refractivity contribution >= 4 is 15.7 Å². The number of rotatable bonds is 2. The van der Waals surface area contributed by atoms with Crippen molar-refractivity contribution in [3.8, 4) is 0 Å². The lowest BCUT2D eigenvalue weighted by Crippen LogP contribution is -2.58. The molecule has 0 radical (unpaired) electrons. The van der Waals surface area contributed by atoms with E-state index in [1.54, 1.807) is 0 Å². The Labute approximate surface area is 124 Å². The Hall–Kier alpha value is -1.18. The quantitative estimate of drug-likeness (QED) is 0.847. The fraction of sp³-hybridized carbons (Fsp3) is 0.571. The molecular weight excluding hydrogens is 295 g/mol. The molecule has 0 aromatic heterocycles. The third-order valence-electron chi connectivity index (χ3n) is 3.30. The number of nitrogens with zero attached hydrogens (tertiary/aromatic N) is 1. The maximum atomic E-state index is 13.5. The number of nitrogen functional groups attached to an aromatic ring is 1. The number of hydrogen-bond donors (Lipinski definition) is 1. The average Bonchev–Trinajstić information content (AvgIpc) is 2.28. The van der Waals surface area contributed by atoms with E-state index in [1.807, 2.05) is 27.7 Å². The van der Waals surface area contributed by atoms with Gasteiger partial charge in [0.15, 0.2) is 0 Å². The highest BCUT2D eigenvalue weighted by Crippen LogP contribution is 2.33. The zero-order valence-corrected chi connectivity index (χ0v) is 13.5. The first-order valence-corrected chi connectivity index (χ1v) is 8.13. The van der Waals surface area contributed by atoms with Gasteiger partial charge < -0.3 is 10.5 Å². The topological polar surface area (TPSA) is 72.6 Å². The lowest BCUT2D eigenvalue weighted by molar-refractivity contribution is -0.163. The molecule has 5 nitrogen and oxygen atoms in total. The van der Waals surface area contributed by atoms with Crippen LogP contribution in [0.25, 0.3) is 0 Å². The normalized spacial score (nSPS) is 22.1. The standard InChI is InChI=1S/C14H21FN2O3S/c1-13(2)8-17(9-14(3,4)20-13)21(18,19)11-7-5-6-10(15)12(11)16/h5-7H,8-9,16H2,1-4H3. The van der Waals surface area contributed by atoms with Crippen LogP contribution in [0.1, 0.15) is 27.7 Å². The van der Waals surface area contributed by atoms with E-state index in [9.17, 15) is 12.8 Å². The Balaban J connectivity index is 2.46. The number of morpholine rings is 1. The fourth-order valence-corrected chi connectivity index (χ4v) is 4.63. The summed E-state index contributed by atoms with van der Waals surface area (Å²) in [5, 5.41) is 0. The highest BCUT2D eigenvalue weighted by molar-refractivity contribution is 7.89. The van der Waals surface area contributed by atoms with Crippen LogP contribution in [0, 0.1) is 5.82 Å². The molecule has 0 saturated carbocycles. The molecule has 0 bridgehead atoms. The van der Waals surface area contributed by atoms with Crippen LogP contribution < -0.4 is 5.73 Å². The number of halogens is 1. The van der Waals surface area contributed by atoms with Gasteiger partial charge in [0.25, 0.3) is 0 Å². The number of ether oxygens (including phenoxy) is 1. The SMILES string of the molecule is CC1(C)CN(S(=O)(=O)c2cccc(F)c2N)CC(C)(C)O1. The maximum Gasteiger partial charge on any atom is 0.245 e. The van der Waals surface area contributed by atoms with Crippen LogP contribution in [0.15, 0.2) is 23.1 Å². The Morgan fingerprint density at radius 3 is 2.24 bits per heavy atom. The van der Waals surface area contributed by atoms with Gasteiger partial charge in [-0.1, -0.05) is 6.07 Å². The van der Waals surface area contributed by atoms with Crippen molar-refractivity contribution in [3.63, 3.8) is 0 Å². The number of benzene rings is 1. The van der Waals surface area contributed by atoms with Crippen LogP contribution in [-0.2, 0) is 14.8 Å². The van der Waals surface area contributed by atoms with E-state index in [0.717, 1.165) is 6.07 Å². The van der Waals surface area contributed by atoms with E-state index in [1.165, 1.54) is 16.4 Å². The van der Waals surface area contributed by atoms with E-state index < -0.39 is 27.0 Å². The maximum absolute atomic E-state index is 13.5. The minimum absolute atomic E-state index is 0.189. The van der Waals surface area contributed by atoms with Gasteiger partial charge in [-0.15, -0.1) is 0 Å². The Bertz CT molecular complexity index is 640. The summed E-state index contributed by atoms with van der Waals surface area (Å²) < 4.78 is 46.2. The van der Waals surface area contributed by atoms with Gasteiger partial charge in [-0.2, -0.15) is 4.31 Å². The van der Waals surface area contributed by atoms with Crippen LogP contribution >= 0.6 is 0 Å². The van der Waals surface area contributed by atoms with E-state index in [0.29, 0.717) is 0 Å². The van der Waals surface area contributed by atoms with Crippen molar-refractivity contribution in [2.45, 2.75) is 43.8 Å². The zero-order chi connectivity index (χ0) is 16.1. The Kier molecular flexibility index (Phi) is 3.80. The summed E-state index contributed by atoms with van der Waals surface area (Å²) in [6.45, 7) is 7.68. The van der Waals surface area contributed by atoms with Crippen molar-refractivity contribution in [2.24, 2.45) is 0 Å². The number of sulfonamides is 1. The van der Waals surface area contributed by atoms with Gasteiger partial charge in [0.2, 0.25) is 10.0 Å². The van der Waals surface area contributed by atoms with Gasteiger partial charge in [-0.25, -0.2) is 12.8 Å². The first-order valence-electron chi connectivity index (χ1n) is 6.69. The molecule has 1 fully saturated rings. The molecule has 2 rings (SSSR count). The minimum atomic E-state index is -3.87. The molecule has 0 atom stereocenters. The van der Waals surface area contributed by atoms with E-state index in [2.05, 4.69) is 0 Å². The van der Waals surface area contributed by atoms with Crippen molar-refractivity contribution in [2.75, 3.05) is 18.8 Å². The highest BCUT2D eigenvalue weighted by atomic mass is 32.2. The molecule has 1 aliphatic rings. The van der Waals surface area contributed by atoms with E-state index >= 15 is 0 Å². The Morgan fingerprint density at radius 1 is 1.19 bits per heavy atom. The van der Waals surface area contributed by atoms with Crippen molar-refractivity contribution in [1.82, 2.24) is 4.31 Å². The van der Waals surface area contributed by atoms with Crippen molar-refractivity contribution < 1.29 is 17.5 Å². The van der Waals surface area contributed by atoms with Gasteiger partial charge >= 0.3 is 0 Å². The predicted molar refractivity (Wildman–Crippen MR) is 78.8 cm³/mol. The second kappa shape index (κ2) is 4.93. The molecule has 0 spiro atoms. The molecule has 1 aliphatic heterocycles. The number of hydrogen-bond acceptors (Lipinski definition) is 4. The summed E-state index contributed by atoms with van der Waals surface area (Å²) in [7, 11) is -3.87. The first-order chi connectivity index (χ1) is 9.45. The molecule has 0 unspecified atom stereocenters. The first kappa shape index (κ1) is 16.2. The second-order valence-electron chi connectivity index (χ2n) is 6.55. The third kappa shape index (κ3) is 3.20. The Morgan fingerprint density at radius 2 is 1.71 bits per heavy atom. The van der Waals surface area contributed by atoms with Crippen LogP contribution in [0.3, 0.4) is 0 Å². The molecule has 1 heterocycles. The minimum Gasteiger partial charge on any atom is -0.395 e. The second-order valence-corrected chi connectivity index (χ2v) is 8.45. The van der Waals surface area contributed by atoms with Gasteiger partial charge in [-0.05, 0) is 39.8 Å². The summed E-state index contributed by atoms with van der Waals surface area (Å²) in [5.74, 6) is -0.733. The summed E-state index contributed by atoms with van der Waals surface area (Å²) in [6, 6.07) is 3.81. The van der Waals surface area contributed by atoms with Crippen LogP contribution in [0.2, 0.25) is 0 Å². The largest absolute Gasteiger partial charge is 0.395 e. The summed E-state index contributed by atoms with van der Waals surface area (Å²) in [6.07, 6.45) is 0. The van der Waals surface area contributed by atoms with Crippen LogP contribution in [0.4, 0.5) is 10.1 Å². The molecule has 118 valence electrons. The third-order valence-corrected chi connectivity index (χ3v) is 5.15. The number of nitrogens with two attached hydrogens (primary N) is 1. The number of anilines is 1. The van der Waals surface area contributed by atoms with E-state index in [-0.39, 0.29) is 23.7 Å². The summed E-state index contributed by atoms with van der Waals surface area (Å²) in [5.41, 5.74) is 3.99. The van der Waals surface area contributed by atoms with Crippen molar-refractivity contribution in [1.29, 1.82) is 0 Å². The molecule has 21 heavy (non-hydrogen) atoms. The molecule has 1 saturated heterocycles. The molecule has 7 heteroatoms. The van der Waals surface area contributed by atoms with Gasteiger partial charge in [0.05, 0.1) is 16.9 Å². The van der Waals surface area contributed by atoms with E-state index in [4.69, 9.17) is 10.5 Å². The summed E-state index contributed by atoms with van der Waals surface area (Å²) >= 11 is 0. The molecule has 2 N–H and O–H groups in total. The molecule has 1 aromatic carbocycles. The zero-order valence-electron chi connectivity index (χ0n) is 12.7. The fourth-order valence-electron chi connectivity index (χ4n) is 2.77. The lowest BCUT2D eigenvalue weighted by atomic mass is 10.0. The van der Waals surface area contributed by atoms with Gasteiger partial charge in [0, 0.05) is 13.1 Å². The van der Waals surface area contributed by atoms with Crippen LogP contribution in [0.5, 0.6) is 0 Å². The average molecular weight is 316 g/mol. The monoisotopic (exact) mass is 316 g/mol. The lowest BCUT2D eigenvalue weighted by Gasteiger charge is -2.46. The van der Waals surface area contributed by atoms with Gasteiger partial charge in [-0.3, -0.25) is 0 Å².